The molecule has 1 saturated heterocycles. The molecule has 2 N–H and O–H groups in total. The topological polar surface area (TPSA) is 44.4 Å². The molecule has 0 saturated carbocycles. The van der Waals surface area contributed by atoms with Gasteiger partial charge in [0, 0.05) is 26.2 Å². The quantitative estimate of drug-likeness (QED) is 0.580. The molecular formula is C21H23F2N3O. The highest BCUT2D eigenvalue weighted by Gasteiger charge is 2.27. The van der Waals surface area contributed by atoms with Crippen molar-refractivity contribution in [1.29, 1.82) is 0 Å². The van der Waals surface area contributed by atoms with Crippen molar-refractivity contribution in [3.05, 3.63) is 77.0 Å². The number of benzene rings is 2. The lowest BCUT2D eigenvalue weighted by molar-refractivity contribution is 0.174. The van der Waals surface area contributed by atoms with Crippen LogP contribution in [0.25, 0.3) is 0 Å². The highest BCUT2D eigenvalue weighted by Crippen LogP contribution is 2.18. The van der Waals surface area contributed by atoms with Crippen LogP contribution in [0.15, 0.2) is 54.2 Å². The number of halogens is 2. The first kappa shape index (κ1) is 19.2. The Balaban J connectivity index is 1.57. The van der Waals surface area contributed by atoms with Gasteiger partial charge in [-0.25, -0.2) is 13.6 Å². The van der Waals surface area contributed by atoms with Gasteiger partial charge in [0.15, 0.2) is 0 Å². The van der Waals surface area contributed by atoms with E-state index in [-0.39, 0.29) is 17.7 Å². The van der Waals surface area contributed by atoms with Gasteiger partial charge in [0.2, 0.25) is 0 Å². The van der Waals surface area contributed by atoms with E-state index in [1.54, 1.807) is 24.3 Å². The molecule has 142 valence electrons. The van der Waals surface area contributed by atoms with Crippen LogP contribution in [0.2, 0.25) is 0 Å². The van der Waals surface area contributed by atoms with Gasteiger partial charge in [0.1, 0.15) is 23.3 Å². The Bertz CT molecular complexity index is 786. The van der Waals surface area contributed by atoms with E-state index >= 15 is 0 Å². The fourth-order valence-electron chi connectivity index (χ4n) is 3.31. The third-order valence-corrected chi connectivity index (χ3v) is 4.73. The summed E-state index contributed by atoms with van der Waals surface area (Å²) < 4.78 is 26.1. The summed E-state index contributed by atoms with van der Waals surface area (Å²) in [6.07, 6.45) is 0.736. The van der Waals surface area contributed by atoms with E-state index in [1.807, 2.05) is 5.94 Å². The van der Waals surface area contributed by atoms with Gasteiger partial charge in [0.25, 0.3) is 0 Å². The number of piperazine rings is 1. The van der Waals surface area contributed by atoms with Crippen LogP contribution in [0.1, 0.15) is 17.5 Å². The molecule has 3 rings (SSSR count). The number of carbonyl (C=O) groups excluding carboxylic acids is 1. The molecule has 0 spiro atoms. The monoisotopic (exact) mass is 371 g/mol. The van der Waals surface area contributed by atoms with Gasteiger partial charge in [-0.15, -0.1) is 0 Å². The minimum Gasteiger partial charge on any atom is -0.377 e. The molecule has 0 aromatic heterocycles. The van der Waals surface area contributed by atoms with Crippen molar-refractivity contribution >= 4 is 5.94 Å². The zero-order valence-electron chi connectivity index (χ0n) is 15.1. The Morgan fingerprint density at radius 3 is 2.30 bits per heavy atom. The summed E-state index contributed by atoms with van der Waals surface area (Å²) in [4.78, 5) is 13.6. The molecule has 0 amide bonds. The SMILES string of the molecule is O=C=C1NCCN(Cc2ccc(F)cc2)C1CCNCc1ccc(F)cc1. The summed E-state index contributed by atoms with van der Waals surface area (Å²) >= 11 is 0. The van der Waals surface area contributed by atoms with Crippen LogP contribution in [0.4, 0.5) is 8.78 Å². The second-order valence-corrected chi connectivity index (χ2v) is 6.65. The molecule has 0 aliphatic carbocycles. The van der Waals surface area contributed by atoms with Crippen molar-refractivity contribution in [2.75, 3.05) is 19.6 Å². The lowest BCUT2D eigenvalue weighted by Gasteiger charge is -2.37. The molecule has 0 bridgehead atoms. The Hall–Kier alpha value is -2.53. The molecular weight excluding hydrogens is 348 g/mol. The Morgan fingerprint density at radius 2 is 1.67 bits per heavy atom. The van der Waals surface area contributed by atoms with Gasteiger partial charge in [0.05, 0.1) is 6.04 Å². The van der Waals surface area contributed by atoms with Crippen LogP contribution < -0.4 is 10.6 Å². The predicted octanol–water partition coefficient (Wildman–Crippen LogP) is 2.63. The molecule has 2 aromatic rings. The first-order valence-electron chi connectivity index (χ1n) is 9.08. The lowest BCUT2D eigenvalue weighted by Crippen LogP contribution is -2.50. The van der Waals surface area contributed by atoms with Crippen molar-refractivity contribution < 1.29 is 13.6 Å². The van der Waals surface area contributed by atoms with Gasteiger partial charge in [-0.2, -0.15) is 0 Å². The maximum atomic E-state index is 13.1. The fraction of sp³-hybridized carbons (Fsp3) is 0.333. The van der Waals surface area contributed by atoms with E-state index in [1.165, 1.54) is 24.3 Å². The van der Waals surface area contributed by atoms with Crippen molar-refractivity contribution in [1.82, 2.24) is 15.5 Å². The third kappa shape index (κ3) is 5.47. The highest BCUT2D eigenvalue weighted by atomic mass is 19.1. The van der Waals surface area contributed by atoms with Gasteiger partial charge in [-0.05, 0) is 48.4 Å². The summed E-state index contributed by atoms with van der Waals surface area (Å²) in [5, 5.41) is 6.47. The van der Waals surface area contributed by atoms with Gasteiger partial charge >= 0.3 is 0 Å². The minimum absolute atomic E-state index is 0.0676. The maximum absolute atomic E-state index is 13.1. The number of rotatable bonds is 7. The first-order chi connectivity index (χ1) is 13.2. The molecule has 4 nitrogen and oxygen atoms in total. The Morgan fingerprint density at radius 1 is 1.04 bits per heavy atom. The van der Waals surface area contributed by atoms with Crippen LogP contribution in [0, 0.1) is 11.6 Å². The molecule has 1 heterocycles. The van der Waals surface area contributed by atoms with Crippen LogP contribution >= 0.6 is 0 Å². The second-order valence-electron chi connectivity index (χ2n) is 6.65. The molecule has 1 fully saturated rings. The van der Waals surface area contributed by atoms with Crippen LogP contribution in [0.5, 0.6) is 0 Å². The summed E-state index contributed by atoms with van der Waals surface area (Å²) in [5.41, 5.74) is 2.58. The standard InChI is InChI=1S/C21H23F2N3O/c22-18-5-1-16(2-6-18)13-24-10-9-21-20(15-27)25-11-12-26(21)14-17-3-7-19(23)8-4-17/h1-8,21,24-25H,9-14H2. The largest absolute Gasteiger partial charge is 0.377 e. The maximum Gasteiger partial charge on any atom is 0.147 e. The van der Waals surface area contributed by atoms with Crippen LogP contribution in [-0.4, -0.2) is 36.5 Å². The molecule has 1 unspecified atom stereocenters. The zero-order valence-corrected chi connectivity index (χ0v) is 15.1. The average Bonchev–Trinajstić information content (AvgIpc) is 2.69. The van der Waals surface area contributed by atoms with Gasteiger partial charge in [-0.1, -0.05) is 24.3 Å². The van der Waals surface area contributed by atoms with Crippen LogP contribution in [0.3, 0.4) is 0 Å². The smallest absolute Gasteiger partial charge is 0.147 e. The highest BCUT2D eigenvalue weighted by molar-refractivity contribution is 5.54. The van der Waals surface area contributed by atoms with E-state index < -0.39 is 0 Å². The average molecular weight is 371 g/mol. The molecule has 27 heavy (non-hydrogen) atoms. The molecule has 1 aliphatic rings. The number of hydrogen-bond donors (Lipinski definition) is 2. The normalized spacial score (nSPS) is 17.4. The number of nitrogens with zero attached hydrogens (tertiary/aromatic N) is 1. The van der Waals surface area contributed by atoms with E-state index in [0.717, 1.165) is 24.1 Å². The van der Waals surface area contributed by atoms with Crippen LogP contribution in [-0.2, 0) is 17.9 Å². The van der Waals surface area contributed by atoms with E-state index in [2.05, 4.69) is 15.5 Å². The minimum atomic E-state index is -0.255. The summed E-state index contributed by atoms with van der Waals surface area (Å²) in [5.74, 6) is 1.53. The van der Waals surface area contributed by atoms with Crippen molar-refractivity contribution in [2.24, 2.45) is 0 Å². The predicted molar refractivity (Wildman–Crippen MR) is 101 cm³/mol. The molecule has 6 heteroatoms. The first-order valence-corrected chi connectivity index (χ1v) is 9.08. The third-order valence-electron chi connectivity index (χ3n) is 4.73. The summed E-state index contributed by atoms with van der Waals surface area (Å²) in [7, 11) is 0. The molecule has 1 aliphatic heterocycles. The van der Waals surface area contributed by atoms with E-state index in [4.69, 9.17) is 0 Å². The summed E-state index contributed by atoms with van der Waals surface area (Å²) in [6.45, 7) is 3.47. The van der Waals surface area contributed by atoms with E-state index in [0.29, 0.717) is 31.9 Å². The number of nitrogens with one attached hydrogen (secondary N) is 2. The Labute approximate surface area is 157 Å². The summed E-state index contributed by atoms with van der Waals surface area (Å²) in [6, 6.07) is 12.8. The lowest BCUT2D eigenvalue weighted by atomic mass is 10.0. The van der Waals surface area contributed by atoms with Gasteiger partial charge < -0.3 is 10.6 Å². The number of hydrogen-bond acceptors (Lipinski definition) is 4. The molecule has 1 atom stereocenters. The fourth-order valence-corrected chi connectivity index (χ4v) is 3.31. The second kappa shape index (κ2) is 9.42. The Kier molecular flexibility index (Phi) is 6.71. The zero-order chi connectivity index (χ0) is 19.1. The van der Waals surface area contributed by atoms with Crippen molar-refractivity contribution in [3.63, 3.8) is 0 Å². The molecule has 0 radical (unpaired) electrons. The van der Waals surface area contributed by atoms with E-state index in [9.17, 15) is 13.6 Å². The molecule has 2 aromatic carbocycles. The van der Waals surface area contributed by atoms with Crippen molar-refractivity contribution in [2.45, 2.75) is 25.6 Å². The van der Waals surface area contributed by atoms with Gasteiger partial charge in [-0.3, -0.25) is 4.90 Å². The van der Waals surface area contributed by atoms with Crippen molar-refractivity contribution in [3.8, 4) is 0 Å².